The van der Waals surface area contributed by atoms with Crippen molar-refractivity contribution in [3.8, 4) is 6.07 Å². The molecule has 6 nitrogen and oxygen atoms in total. The second kappa shape index (κ2) is 8.99. The molecule has 1 atom stereocenters. The van der Waals surface area contributed by atoms with Gasteiger partial charge in [-0.3, -0.25) is 9.59 Å². The maximum Gasteiger partial charge on any atom is 0.251 e. The van der Waals surface area contributed by atoms with Crippen LogP contribution in [0.25, 0.3) is 0 Å². The summed E-state index contributed by atoms with van der Waals surface area (Å²) in [6.45, 7) is 10.3. The quantitative estimate of drug-likeness (QED) is 0.727. The third kappa shape index (κ3) is 5.09. The van der Waals surface area contributed by atoms with Crippen LogP contribution in [0, 0.1) is 23.7 Å². The Hall–Kier alpha value is -3.17. The molecule has 1 unspecified atom stereocenters. The van der Waals surface area contributed by atoms with Gasteiger partial charge in [-0.25, -0.2) is 0 Å². The number of hydrogen-bond donors (Lipinski definition) is 2. The van der Waals surface area contributed by atoms with Gasteiger partial charge in [0.1, 0.15) is 0 Å². The Bertz CT molecular complexity index is 1090. The smallest absolute Gasteiger partial charge is 0.251 e. The molecule has 0 saturated carbocycles. The van der Waals surface area contributed by atoms with Gasteiger partial charge >= 0.3 is 0 Å². The summed E-state index contributed by atoms with van der Waals surface area (Å²) in [4.78, 5) is 27.5. The van der Waals surface area contributed by atoms with Gasteiger partial charge in [-0.15, -0.1) is 0 Å². The van der Waals surface area contributed by atoms with Crippen molar-refractivity contribution in [2.24, 2.45) is 5.41 Å². The molecule has 2 aromatic rings. The molecule has 2 N–H and O–H groups in total. The van der Waals surface area contributed by atoms with E-state index in [4.69, 9.17) is 0 Å². The number of carbonyl (C=O) groups is 2. The van der Waals surface area contributed by atoms with Crippen LogP contribution in [0.4, 0.5) is 0 Å². The van der Waals surface area contributed by atoms with Crippen LogP contribution in [0.3, 0.4) is 0 Å². The lowest BCUT2D eigenvalue weighted by Crippen LogP contribution is -2.58. The van der Waals surface area contributed by atoms with E-state index >= 15 is 0 Å². The van der Waals surface area contributed by atoms with Crippen LogP contribution in [0.15, 0.2) is 48.5 Å². The van der Waals surface area contributed by atoms with Crippen molar-refractivity contribution in [1.29, 1.82) is 5.26 Å². The first-order chi connectivity index (χ1) is 15.4. The van der Waals surface area contributed by atoms with E-state index in [1.54, 1.807) is 35.2 Å². The van der Waals surface area contributed by atoms with E-state index in [1.807, 2.05) is 52.8 Å². The molecule has 1 heterocycles. The largest absolute Gasteiger partial charge is 0.384 e. The van der Waals surface area contributed by atoms with Crippen molar-refractivity contribution in [3.05, 3.63) is 70.8 Å². The number of piperidine rings is 1. The molecule has 0 bridgehead atoms. The van der Waals surface area contributed by atoms with Crippen molar-refractivity contribution >= 4 is 11.8 Å². The topological polar surface area (TPSA) is 93.4 Å². The van der Waals surface area contributed by atoms with Crippen LogP contribution in [-0.4, -0.2) is 40.4 Å². The molecule has 6 heteroatoms. The van der Waals surface area contributed by atoms with Gasteiger partial charge in [0.05, 0.1) is 17.2 Å². The van der Waals surface area contributed by atoms with Gasteiger partial charge in [0.15, 0.2) is 0 Å². The number of aliphatic hydroxyl groups is 1. The fraction of sp³-hybridized carbons (Fsp3) is 0.444. The Balaban J connectivity index is 1.70. The predicted molar refractivity (Wildman–Crippen MR) is 127 cm³/mol. The molecule has 33 heavy (non-hydrogen) atoms. The number of carbonyl (C=O) groups excluding carboxylic acids is 2. The molecular formula is C27H33N3O3. The van der Waals surface area contributed by atoms with Gasteiger partial charge in [-0.05, 0) is 56.5 Å². The number of benzene rings is 2. The highest BCUT2D eigenvalue weighted by atomic mass is 16.3. The fourth-order valence-corrected chi connectivity index (χ4v) is 4.62. The molecule has 0 aromatic heterocycles. The molecule has 0 aliphatic carbocycles. The van der Waals surface area contributed by atoms with Crippen LogP contribution >= 0.6 is 0 Å². The Kier molecular flexibility index (Phi) is 6.67. The number of nitrogens with zero attached hydrogens (tertiary/aromatic N) is 2. The van der Waals surface area contributed by atoms with Crippen LogP contribution in [0.2, 0.25) is 0 Å². The predicted octanol–water partition coefficient (Wildman–Crippen LogP) is 3.91. The highest BCUT2D eigenvalue weighted by Gasteiger charge is 2.50. The van der Waals surface area contributed by atoms with Crippen LogP contribution in [0.1, 0.15) is 67.6 Å². The molecule has 0 radical (unpaired) electrons. The SMILES string of the molecule is Cc1cc(C2(O)CCN(C(=O)CC(C)(C)NC(=O)c3ccccc3)CC2(C)C)ccc1C#N. The molecule has 1 saturated heterocycles. The lowest BCUT2D eigenvalue weighted by Gasteiger charge is -2.51. The molecule has 2 aromatic carbocycles. The van der Waals surface area contributed by atoms with Gasteiger partial charge in [-0.1, -0.05) is 44.2 Å². The standard InChI is InChI=1S/C27H33N3O3/c1-19-15-22(12-11-21(19)17-28)27(33)13-14-30(18-25(27,2)3)23(31)16-26(4,5)29-24(32)20-9-7-6-8-10-20/h6-12,15,33H,13-14,16,18H2,1-5H3,(H,29,32). The Morgan fingerprint density at radius 2 is 1.85 bits per heavy atom. The van der Waals surface area contributed by atoms with Crippen molar-refractivity contribution in [3.63, 3.8) is 0 Å². The van der Waals surface area contributed by atoms with Gasteiger partial charge in [0.25, 0.3) is 5.91 Å². The second-order valence-electron chi connectivity index (χ2n) is 10.3. The third-order valence-corrected chi connectivity index (χ3v) is 6.71. The number of amides is 2. The highest BCUT2D eigenvalue weighted by molar-refractivity contribution is 5.95. The van der Waals surface area contributed by atoms with Crippen molar-refractivity contribution in [2.75, 3.05) is 13.1 Å². The van der Waals surface area contributed by atoms with Crippen molar-refractivity contribution in [2.45, 2.75) is 58.6 Å². The first-order valence-corrected chi connectivity index (χ1v) is 11.3. The number of aryl methyl sites for hydroxylation is 1. The Morgan fingerprint density at radius 1 is 1.18 bits per heavy atom. The summed E-state index contributed by atoms with van der Waals surface area (Å²) in [6, 6.07) is 16.5. The summed E-state index contributed by atoms with van der Waals surface area (Å²) in [5, 5.41) is 23.8. The highest BCUT2D eigenvalue weighted by Crippen LogP contribution is 2.46. The van der Waals surface area contributed by atoms with E-state index in [2.05, 4.69) is 11.4 Å². The maximum atomic E-state index is 13.2. The Morgan fingerprint density at radius 3 is 2.42 bits per heavy atom. The lowest BCUT2D eigenvalue weighted by atomic mass is 9.66. The summed E-state index contributed by atoms with van der Waals surface area (Å²) < 4.78 is 0. The van der Waals surface area contributed by atoms with Gasteiger partial charge in [0.2, 0.25) is 5.91 Å². The first kappa shape index (κ1) is 24.5. The minimum Gasteiger partial charge on any atom is -0.384 e. The zero-order valence-electron chi connectivity index (χ0n) is 20.1. The monoisotopic (exact) mass is 447 g/mol. The minimum atomic E-state index is -1.11. The van der Waals surface area contributed by atoms with Crippen LogP contribution in [0.5, 0.6) is 0 Å². The summed E-state index contributed by atoms with van der Waals surface area (Å²) in [5.74, 6) is -0.266. The molecule has 0 spiro atoms. The summed E-state index contributed by atoms with van der Waals surface area (Å²) in [5.41, 5.74) is 0.317. The summed E-state index contributed by atoms with van der Waals surface area (Å²) in [6.07, 6.45) is 0.559. The average Bonchev–Trinajstić information content (AvgIpc) is 2.75. The van der Waals surface area contributed by atoms with Crippen molar-refractivity contribution in [1.82, 2.24) is 10.2 Å². The molecule has 1 aliphatic rings. The number of nitriles is 1. The molecule has 3 rings (SSSR count). The normalized spacial score (nSPS) is 20.1. The Labute approximate surface area is 196 Å². The van der Waals surface area contributed by atoms with E-state index in [0.717, 1.165) is 11.1 Å². The lowest BCUT2D eigenvalue weighted by molar-refractivity contribution is -0.154. The third-order valence-electron chi connectivity index (χ3n) is 6.71. The maximum absolute atomic E-state index is 13.2. The molecule has 1 fully saturated rings. The minimum absolute atomic E-state index is 0.0560. The number of nitrogens with one attached hydrogen (secondary N) is 1. The van der Waals surface area contributed by atoms with E-state index in [0.29, 0.717) is 30.6 Å². The zero-order chi connectivity index (χ0) is 24.4. The van der Waals surface area contributed by atoms with Crippen molar-refractivity contribution < 1.29 is 14.7 Å². The van der Waals surface area contributed by atoms with E-state index < -0.39 is 16.6 Å². The van der Waals surface area contributed by atoms with Gasteiger partial charge in [0, 0.05) is 36.0 Å². The van der Waals surface area contributed by atoms with Crippen LogP contribution < -0.4 is 5.32 Å². The zero-order valence-corrected chi connectivity index (χ0v) is 20.1. The fourth-order valence-electron chi connectivity index (χ4n) is 4.62. The average molecular weight is 448 g/mol. The number of rotatable bonds is 5. The second-order valence-corrected chi connectivity index (χ2v) is 10.3. The number of likely N-dealkylation sites (tertiary alicyclic amines) is 1. The van der Waals surface area contributed by atoms with Gasteiger partial charge < -0.3 is 15.3 Å². The van der Waals surface area contributed by atoms with E-state index in [-0.39, 0.29) is 18.2 Å². The number of hydrogen-bond acceptors (Lipinski definition) is 4. The molecular weight excluding hydrogens is 414 g/mol. The van der Waals surface area contributed by atoms with E-state index in [1.165, 1.54) is 0 Å². The van der Waals surface area contributed by atoms with Crippen LogP contribution in [-0.2, 0) is 10.4 Å². The molecule has 174 valence electrons. The molecule has 1 aliphatic heterocycles. The van der Waals surface area contributed by atoms with E-state index in [9.17, 15) is 20.0 Å². The summed E-state index contributed by atoms with van der Waals surface area (Å²) in [7, 11) is 0. The van der Waals surface area contributed by atoms with Gasteiger partial charge in [-0.2, -0.15) is 5.26 Å². The molecule has 2 amide bonds. The first-order valence-electron chi connectivity index (χ1n) is 11.3. The summed E-state index contributed by atoms with van der Waals surface area (Å²) >= 11 is 0.